The highest BCUT2D eigenvalue weighted by Gasteiger charge is 2.01. The lowest BCUT2D eigenvalue weighted by atomic mass is 10.2. The second kappa shape index (κ2) is 6.76. The highest BCUT2D eigenvalue weighted by atomic mass is 35.5. The number of anilines is 1. The Balaban J connectivity index is 2.09. The summed E-state index contributed by atoms with van der Waals surface area (Å²) in [5.74, 6) is -0.515. The maximum atomic E-state index is 10.8. The zero-order valence-corrected chi connectivity index (χ0v) is 11.9. The summed E-state index contributed by atoms with van der Waals surface area (Å²) in [6.07, 6.45) is 1.58. The molecule has 0 heterocycles. The molecule has 0 amide bonds. The molecule has 108 valence electrons. The molecule has 5 nitrogen and oxygen atoms in total. The van der Waals surface area contributed by atoms with Crippen molar-refractivity contribution in [1.82, 2.24) is 0 Å². The van der Waals surface area contributed by atoms with Crippen LogP contribution in [0.3, 0.4) is 0 Å². The van der Waals surface area contributed by atoms with Gasteiger partial charge in [0.25, 0.3) is 0 Å². The Bertz CT molecular complexity index is 669. The van der Waals surface area contributed by atoms with E-state index in [2.05, 4.69) is 10.5 Å². The zero-order chi connectivity index (χ0) is 15.2. The van der Waals surface area contributed by atoms with Crippen molar-refractivity contribution in [3.05, 3.63) is 58.6 Å². The summed E-state index contributed by atoms with van der Waals surface area (Å²) in [7, 11) is 1.59. The molecule has 0 saturated heterocycles. The minimum atomic E-state index is -1.27. The molecule has 0 spiro atoms. The minimum Gasteiger partial charge on any atom is -0.545 e. The van der Waals surface area contributed by atoms with Crippen LogP contribution >= 0.6 is 11.6 Å². The number of methoxy groups -OCH3 is 1. The van der Waals surface area contributed by atoms with Crippen molar-refractivity contribution in [2.75, 3.05) is 12.5 Å². The molecule has 1 N–H and O–H groups in total. The predicted molar refractivity (Wildman–Crippen MR) is 80.0 cm³/mol. The smallest absolute Gasteiger partial charge is 0.118 e. The minimum absolute atomic E-state index is 0.0292. The van der Waals surface area contributed by atoms with Gasteiger partial charge in [-0.15, -0.1) is 0 Å². The summed E-state index contributed by atoms with van der Waals surface area (Å²) < 4.78 is 5.06. The molecule has 0 bridgehead atoms. The fourth-order valence-electron chi connectivity index (χ4n) is 1.60. The molecule has 6 heteroatoms. The van der Waals surface area contributed by atoms with E-state index in [9.17, 15) is 9.90 Å². The molecule has 0 radical (unpaired) electrons. The monoisotopic (exact) mass is 303 g/mol. The fraction of sp³-hybridized carbons (Fsp3) is 0.0667. The SMILES string of the molecule is COc1ccc(/C=N\Nc2cc(C(=O)[O-])ccc2Cl)cc1. The first kappa shape index (κ1) is 14.9. The van der Waals surface area contributed by atoms with Crippen LogP contribution in [0.5, 0.6) is 5.75 Å². The van der Waals surface area contributed by atoms with Crippen LogP contribution in [0.4, 0.5) is 5.69 Å². The van der Waals surface area contributed by atoms with Gasteiger partial charge < -0.3 is 14.6 Å². The number of ether oxygens (including phenoxy) is 1. The van der Waals surface area contributed by atoms with Crippen molar-refractivity contribution in [3.8, 4) is 5.75 Å². The standard InChI is InChI=1S/C15H13ClN2O3/c1-21-12-5-2-10(3-6-12)9-17-18-14-8-11(15(19)20)4-7-13(14)16/h2-9,18H,1H3,(H,19,20)/p-1/b17-9-. The summed E-state index contributed by atoms with van der Waals surface area (Å²) in [5.41, 5.74) is 3.98. The third kappa shape index (κ3) is 3.97. The van der Waals surface area contributed by atoms with Crippen LogP contribution in [-0.4, -0.2) is 19.3 Å². The van der Waals surface area contributed by atoms with Crippen LogP contribution in [0.25, 0.3) is 0 Å². The van der Waals surface area contributed by atoms with Gasteiger partial charge in [-0.05, 0) is 47.5 Å². The molecule has 0 fully saturated rings. The Labute approximate surface area is 126 Å². The predicted octanol–water partition coefficient (Wildman–Crippen LogP) is 2.16. The van der Waals surface area contributed by atoms with E-state index in [1.54, 1.807) is 13.3 Å². The van der Waals surface area contributed by atoms with Crippen molar-refractivity contribution in [2.24, 2.45) is 5.10 Å². The lowest BCUT2D eigenvalue weighted by Gasteiger charge is -2.07. The van der Waals surface area contributed by atoms with Crippen LogP contribution in [0, 0.1) is 0 Å². The van der Waals surface area contributed by atoms with E-state index in [0.717, 1.165) is 11.3 Å². The quantitative estimate of drug-likeness (QED) is 0.678. The second-order valence-corrected chi connectivity index (χ2v) is 4.53. The topological polar surface area (TPSA) is 73.8 Å². The van der Waals surface area contributed by atoms with Gasteiger partial charge in [-0.1, -0.05) is 17.7 Å². The second-order valence-electron chi connectivity index (χ2n) is 4.13. The van der Waals surface area contributed by atoms with E-state index in [0.29, 0.717) is 10.7 Å². The molecular formula is C15H12ClN2O3-. The number of benzene rings is 2. The molecule has 0 aliphatic rings. The van der Waals surface area contributed by atoms with Gasteiger partial charge in [0.05, 0.1) is 30.0 Å². The fourth-order valence-corrected chi connectivity index (χ4v) is 1.76. The molecule has 2 aromatic carbocycles. The Morgan fingerprint density at radius 3 is 2.62 bits per heavy atom. The number of rotatable bonds is 5. The average Bonchev–Trinajstić information content (AvgIpc) is 2.49. The van der Waals surface area contributed by atoms with E-state index in [4.69, 9.17) is 16.3 Å². The van der Waals surface area contributed by atoms with Crippen molar-refractivity contribution >= 4 is 29.5 Å². The summed E-state index contributed by atoms with van der Waals surface area (Å²) in [6, 6.07) is 11.5. The molecule has 0 aromatic heterocycles. The van der Waals surface area contributed by atoms with Crippen molar-refractivity contribution < 1.29 is 14.6 Å². The van der Waals surface area contributed by atoms with Crippen LogP contribution < -0.4 is 15.3 Å². The van der Waals surface area contributed by atoms with Gasteiger partial charge in [0, 0.05) is 0 Å². The Morgan fingerprint density at radius 1 is 1.29 bits per heavy atom. The number of hydrogen-bond donors (Lipinski definition) is 1. The molecule has 21 heavy (non-hydrogen) atoms. The highest BCUT2D eigenvalue weighted by molar-refractivity contribution is 6.33. The first-order valence-corrected chi connectivity index (χ1v) is 6.42. The first-order valence-electron chi connectivity index (χ1n) is 6.04. The molecular weight excluding hydrogens is 292 g/mol. The summed E-state index contributed by atoms with van der Waals surface area (Å²) in [5, 5.41) is 15.2. The number of hydrogen-bond acceptors (Lipinski definition) is 5. The molecule has 0 atom stereocenters. The van der Waals surface area contributed by atoms with Gasteiger partial charge in [0.2, 0.25) is 0 Å². The van der Waals surface area contributed by atoms with E-state index in [1.807, 2.05) is 24.3 Å². The summed E-state index contributed by atoms with van der Waals surface area (Å²) in [6.45, 7) is 0. The van der Waals surface area contributed by atoms with Gasteiger partial charge in [-0.25, -0.2) is 0 Å². The molecule has 2 rings (SSSR count). The highest BCUT2D eigenvalue weighted by Crippen LogP contribution is 2.22. The van der Waals surface area contributed by atoms with Crippen LogP contribution in [0.15, 0.2) is 47.6 Å². The average molecular weight is 304 g/mol. The maximum Gasteiger partial charge on any atom is 0.118 e. The number of carbonyl (C=O) groups excluding carboxylic acids is 1. The number of aromatic carboxylic acids is 1. The number of nitrogens with zero attached hydrogens (tertiary/aromatic N) is 1. The zero-order valence-electron chi connectivity index (χ0n) is 11.2. The number of carboxylic acids is 1. The lowest BCUT2D eigenvalue weighted by Crippen LogP contribution is -2.22. The number of carbonyl (C=O) groups is 1. The first-order chi connectivity index (χ1) is 10.1. The van der Waals surface area contributed by atoms with Gasteiger partial charge >= 0.3 is 0 Å². The van der Waals surface area contributed by atoms with E-state index >= 15 is 0 Å². The Kier molecular flexibility index (Phi) is 4.79. The molecule has 0 saturated carbocycles. The van der Waals surface area contributed by atoms with E-state index < -0.39 is 5.97 Å². The largest absolute Gasteiger partial charge is 0.545 e. The number of hydrazone groups is 1. The summed E-state index contributed by atoms with van der Waals surface area (Å²) >= 11 is 5.96. The van der Waals surface area contributed by atoms with Crippen molar-refractivity contribution in [2.45, 2.75) is 0 Å². The number of halogens is 1. The van der Waals surface area contributed by atoms with Gasteiger partial charge in [0.15, 0.2) is 0 Å². The number of nitrogens with one attached hydrogen (secondary N) is 1. The van der Waals surface area contributed by atoms with Crippen LogP contribution in [0.2, 0.25) is 5.02 Å². The normalized spacial score (nSPS) is 10.6. The van der Waals surface area contributed by atoms with E-state index in [-0.39, 0.29) is 5.56 Å². The van der Waals surface area contributed by atoms with Crippen molar-refractivity contribution in [3.63, 3.8) is 0 Å². The third-order valence-electron chi connectivity index (χ3n) is 2.72. The van der Waals surface area contributed by atoms with Crippen LogP contribution in [0.1, 0.15) is 15.9 Å². The lowest BCUT2D eigenvalue weighted by molar-refractivity contribution is -0.255. The Hall–Kier alpha value is -2.53. The Morgan fingerprint density at radius 2 is 2.00 bits per heavy atom. The van der Waals surface area contributed by atoms with E-state index in [1.165, 1.54) is 18.2 Å². The molecule has 0 aliphatic carbocycles. The van der Waals surface area contributed by atoms with Gasteiger partial charge in [-0.2, -0.15) is 5.10 Å². The van der Waals surface area contributed by atoms with Gasteiger partial charge in [-0.3, -0.25) is 5.43 Å². The third-order valence-corrected chi connectivity index (χ3v) is 3.05. The molecule has 0 aliphatic heterocycles. The number of carboxylic acid groups (broad SMARTS) is 1. The van der Waals surface area contributed by atoms with Crippen LogP contribution in [-0.2, 0) is 0 Å². The maximum absolute atomic E-state index is 10.8. The van der Waals surface area contributed by atoms with Gasteiger partial charge in [0.1, 0.15) is 5.75 Å². The molecule has 0 unspecified atom stereocenters. The molecule has 2 aromatic rings. The van der Waals surface area contributed by atoms with Crippen molar-refractivity contribution in [1.29, 1.82) is 0 Å². The summed E-state index contributed by atoms with van der Waals surface area (Å²) in [4.78, 5) is 10.8.